The first-order valence-electron chi connectivity index (χ1n) is 7.83. The standard InChI is InChI=1S/C20H22N2O/c1-16-5-9-18(10-6-16)22-13-3-4-19(22)15-21-14-17-7-11-20(23-2)12-8-17/h3-13,21H,14-15H2,1-2H3. The molecule has 3 rings (SSSR count). The third-order valence-corrected chi connectivity index (χ3v) is 3.94. The number of benzene rings is 2. The van der Waals surface area contributed by atoms with E-state index in [-0.39, 0.29) is 0 Å². The van der Waals surface area contributed by atoms with Gasteiger partial charge in [0.05, 0.1) is 7.11 Å². The second-order valence-electron chi connectivity index (χ2n) is 5.66. The lowest BCUT2D eigenvalue weighted by Crippen LogP contribution is -2.15. The quantitative estimate of drug-likeness (QED) is 0.742. The van der Waals surface area contributed by atoms with Crippen molar-refractivity contribution < 1.29 is 4.74 Å². The number of nitrogens with one attached hydrogen (secondary N) is 1. The Hall–Kier alpha value is -2.52. The number of hydrogen-bond acceptors (Lipinski definition) is 2. The summed E-state index contributed by atoms with van der Waals surface area (Å²) in [7, 11) is 1.69. The molecule has 0 aliphatic rings. The van der Waals surface area contributed by atoms with Crippen molar-refractivity contribution in [1.82, 2.24) is 9.88 Å². The average molecular weight is 306 g/mol. The van der Waals surface area contributed by atoms with Crippen LogP contribution in [0.2, 0.25) is 0 Å². The number of rotatable bonds is 6. The van der Waals surface area contributed by atoms with E-state index in [1.165, 1.54) is 22.5 Å². The SMILES string of the molecule is COc1ccc(CNCc2cccn2-c2ccc(C)cc2)cc1. The van der Waals surface area contributed by atoms with Gasteiger partial charge in [-0.2, -0.15) is 0 Å². The van der Waals surface area contributed by atoms with Gasteiger partial charge in [-0.15, -0.1) is 0 Å². The van der Waals surface area contributed by atoms with Crippen LogP contribution in [0.25, 0.3) is 5.69 Å². The van der Waals surface area contributed by atoms with Gasteiger partial charge in [0.1, 0.15) is 5.75 Å². The van der Waals surface area contributed by atoms with Crippen LogP contribution in [0.15, 0.2) is 66.9 Å². The Morgan fingerprint density at radius 1 is 0.913 bits per heavy atom. The van der Waals surface area contributed by atoms with Gasteiger partial charge in [-0.25, -0.2) is 0 Å². The van der Waals surface area contributed by atoms with Gasteiger partial charge in [-0.3, -0.25) is 0 Å². The summed E-state index contributed by atoms with van der Waals surface area (Å²) in [5.41, 5.74) is 4.98. The number of nitrogens with zero attached hydrogens (tertiary/aromatic N) is 1. The summed E-state index contributed by atoms with van der Waals surface area (Å²) in [5, 5.41) is 3.50. The summed E-state index contributed by atoms with van der Waals surface area (Å²) in [6.07, 6.45) is 2.11. The molecule has 0 saturated heterocycles. The van der Waals surface area contributed by atoms with Crippen molar-refractivity contribution in [2.24, 2.45) is 0 Å². The minimum Gasteiger partial charge on any atom is -0.497 e. The van der Waals surface area contributed by atoms with Crippen molar-refractivity contribution in [3.63, 3.8) is 0 Å². The molecule has 0 fully saturated rings. The molecule has 0 bridgehead atoms. The van der Waals surface area contributed by atoms with Crippen molar-refractivity contribution in [3.05, 3.63) is 83.7 Å². The molecular formula is C20H22N2O. The lowest BCUT2D eigenvalue weighted by Gasteiger charge is -2.11. The number of aromatic nitrogens is 1. The van der Waals surface area contributed by atoms with Gasteiger partial charge in [0.25, 0.3) is 0 Å². The Kier molecular flexibility index (Phi) is 4.79. The predicted molar refractivity (Wildman–Crippen MR) is 94.0 cm³/mol. The van der Waals surface area contributed by atoms with Gasteiger partial charge in [0.15, 0.2) is 0 Å². The van der Waals surface area contributed by atoms with Gasteiger partial charge in [0.2, 0.25) is 0 Å². The Morgan fingerprint density at radius 2 is 1.65 bits per heavy atom. The van der Waals surface area contributed by atoms with Crippen molar-refractivity contribution in [1.29, 1.82) is 0 Å². The molecule has 0 aliphatic heterocycles. The Balaban J connectivity index is 1.62. The van der Waals surface area contributed by atoms with Crippen molar-refractivity contribution in [3.8, 4) is 11.4 Å². The van der Waals surface area contributed by atoms with Gasteiger partial charge >= 0.3 is 0 Å². The van der Waals surface area contributed by atoms with Crippen LogP contribution in [0.5, 0.6) is 5.75 Å². The van der Waals surface area contributed by atoms with E-state index in [1.807, 2.05) is 12.1 Å². The summed E-state index contributed by atoms with van der Waals surface area (Å²) in [6.45, 7) is 3.77. The first kappa shape index (κ1) is 15.4. The van der Waals surface area contributed by atoms with Crippen molar-refractivity contribution in [2.45, 2.75) is 20.0 Å². The van der Waals surface area contributed by atoms with Crippen LogP contribution in [-0.4, -0.2) is 11.7 Å². The molecule has 0 atom stereocenters. The molecule has 1 heterocycles. The molecule has 0 spiro atoms. The number of aryl methyl sites for hydroxylation is 1. The van der Waals surface area contributed by atoms with E-state index in [4.69, 9.17) is 4.74 Å². The Labute approximate surface area is 137 Å². The van der Waals surface area contributed by atoms with E-state index in [9.17, 15) is 0 Å². The van der Waals surface area contributed by atoms with Crippen LogP contribution in [0.3, 0.4) is 0 Å². The second-order valence-corrected chi connectivity index (χ2v) is 5.66. The smallest absolute Gasteiger partial charge is 0.118 e. The normalized spacial score (nSPS) is 10.7. The molecule has 1 aromatic heterocycles. The van der Waals surface area contributed by atoms with Crippen LogP contribution in [0.1, 0.15) is 16.8 Å². The number of ether oxygens (including phenoxy) is 1. The minimum atomic E-state index is 0.826. The maximum absolute atomic E-state index is 5.18. The fraction of sp³-hybridized carbons (Fsp3) is 0.200. The molecule has 23 heavy (non-hydrogen) atoms. The highest BCUT2D eigenvalue weighted by atomic mass is 16.5. The van der Waals surface area contributed by atoms with Crippen LogP contribution in [0.4, 0.5) is 0 Å². The van der Waals surface area contributed by atoms with Crippen LogP contribution in [0, 0.1) is 6.92 Å². The maximum Gasteiger partial charge on any atom is 0.118 e. The molecule has 2 aromatic carbocycles. The predicted octanol–water partition coefficient (Wildman–Crippen LogP) is 4.08. The van der Waals surface area contributed by atoms with Gasteiger partial charge in [-0.05, 0) is 48.9 Å². The van der Waals surface area contributed by atoms with Gasteiger partial charge < -0.3 is 14.6 Å². The summed E-state index contributed by atoms with van der Waals surface area (Å²) >= 11 is 0. The van der Waals surface area contributed by atoms with Gasteiger partial charge in [-0.1, -0.05) is 29.8 Å². The van der Waals surface area contributed by atoms with E-state index < -0.39 is 0 Å². The van der Waals surface area contributed by atoms with Crippen LogP contribution in [-0.2, 0) is 13.1 Å². The van der Waals surface area contributed by atoms with E-state index in [2.05, 4.69) is 71.5 Å². The zero-order valence-corrected chi connectivity index (χ0v) is 13.6. The van der Waals surface area contributed by atoms with Gasteiger partial charge in [0, 0.05) is 30.7 Å². The highest BCUT2D eigenvalue weighted by Gasteiger charge is 2.03. The van der Waals surface area contributed by atoms with E-state index in [0.717, 1.165) is 18.8 Å². The molecule has 0 radical (unpaired) electrons. The van der Waals surface area contributed by atoms with E-state index in [0.29, 0.717) is 0 Å². The molecule has 3 aromatic rings. The molecule has 1 N–H and O–H groups in total. The Bertz CT molecular complexity index is 742. The van der Waals surface area contributed by atoms with Crippen LogP contribution < -0.4 is 10.1 Å². The lowest BCUT2D eigenvalue weighted by molar-refractivity contribution is 0.414. The minimum absolute atomic E-state index is 0.826. The first-order valence-corrected chi connectivity index (χ1v) is 7.83. The highest BCUT2D eigenvalue weighted by molar-refractivity contribution is 5.37. The second kappa shape index (κ2) is 7.16. The molecule has 0 saturated carbocycles. The lowest BCUT2D eigenvalue weighted by atomic mass is 10.2. The average Bonchev–Trinajstić information content (AvgIpc) is 3.05. The first-order chi connectivity index (χ1) is 11.3. The number of methoxy groups -OCH3 is 1. The summed E-state index contributed by atoms with van der Waals surface area (Å²) in [6, 6.07) is 21.0. The highest BCUT2D eigenvalue weighted by Crippen LogP contribution is 2.14. The molecular weight excluding hydrogens is 284 g/mol. The summed E-state index contributed by atoms with van der Waals surface area (Å²) in [5.74, 6) is 0.891. The topological polar surface area (TPSA) is 26.2 Å². The van der Waals surface area contributed by atoms with E-state index in [1.54, 1.807) is 7.11 Å². The summed E-state index contributed by atoms with van der Waals surface area (Å²) < 4.78 is 7.40. The van der Waals surface area contributed by atoms with Crippen molar-refractivity contribution >= 4 is 0 Å². The monoisotopic (exact) mass is 306 g/mol. The third kappa shape index (κ3) is 3.82. The Morgan fingerprint density at radius 3 is 2.35 bits per heavy atom. The molecule has 3 heteroatoms. The third-order valence-electron chi connectivity index (χ3n) is 3.94. The fourth-order valence-electron chi connectivity index (χ4n) is 2.60. The largest absolute Gasteiger partial charge is 0.497 e. The zero-order valence-electron chi connectivity index (χ0n) is 13.6. The number of hydrogen-bond donors (Lipinski definition) is 1. The van der Waals surface area contributed by atoms with E-state index >= 15 is 0 Å². The molecule has 3 nitrogen and oxygen atoms in total. The molecule has 0 amide bonds. The van der Waals surface area contributed by atoms with Crippen LogP contribution >= 0.6 is 0 Å². The molecule has 118 valence electrons. The maximum atomic E-state index is 5.18. The van der Waals surface area contributed by atoms with Crippen molar-refractivity contribution in [2.75, 3.05) is 7.11 Å². The molecule has 0 aliphatic carbocycles. The zero-order chi connectivity index (χ0) is 16.1. The fourth-order valence-corrected chi connectivity index (χ4v) is 2.60. The molecule has 0 unspecified atom stereocenters. The summed E-state index contributed by atoms with van der Waals surface area (Å²) in [4.78, 5) is 0.